The van der Waals surface area contributed by atoms with Crippen LogP contribution in [0.25, 0.3) is 11.0 Å². The molecular weight excluding hydrogens is 423 g/mol. The number of nitrogens with one attached hydrogen (secondary N) is 1. The predicted octanol–water partition coefficient (Wildman–Crippen LogP) is 3.02. The van der Waals surface area contributed by atoms with E-state index in [2.05, 4.69) is 15.3 Å². The van der Waals surface area contributed by atoms with Gasteiger partial charge in [0.1, 0.15) is 22.2 Å². The summed E-state index contributed by atoms with van der Waals surface area (Å²) < 4.78 is 27.9. The Kier molecular flexibility index (Phi) is 4.76. The molecule has 2 aromatic heterocycles. The van der Waals surface area contributed by atoms with Crippen LogP contribution in [0.3, 0.4) is 0 Å². The Morgan fingerprint density at radius 1 is 1.23 bits per heavy atom. The standard InChI is InChI=1S/C20H21FN6O3S/c21-16-15-10-12-11-23-19(24-13-4-6-14(7-5-13)31(22)30)25-17(12)26(15)20(18(28)27(16)29)8-2-1-3-9-20/h4-7,10-11,16,29H,1-3,8-9,22H2,(H,23,24,25). The third-order valence-electron chi connectivity index (χ3n) is 6.09. The highest BCUT2D eigenvalue weighted by molar-refractivity contribution is 7.82. The summed E-state index contributed by atoms with van der Waals surface area (Å²) in [6.07, 6.45) is 3.22. The molecule has 0 saturated heterocycles. The Balaban J connectivity index is 1.60. The molecule has 2 aliphatic rings. The number of hydrogen-bond donors (Lipinski definition) is 3. The molecule has 5 rings (SSSR count). The third kappa shape index (κ3) is 3.11. The van der Waals surface area contributed by atoms with E-state index in [-0.39, 0.29) is 16.7 Å². The Morgan fingerprint density at radius 2 is 1.94 bits per heavy atom. The number of nitrogens with two attached hydrogens (primary N) is 1. The van der Waals surface area contributed by atoms with Gasteiger partial charge in [0.2, 0.25) is 12.2 Å². The highest BCUT2D eigenvalue weighted by Crippen LogP contribution is 2.46. The number of alkyl halides is 1. The Hall–Kier alpha value is -2.89. The van der Waals surface area contributed by atoms with Crippen LogP contribution in [0.4, 0.5) is 16.0 Å². The van der Waals surface area contributed by atoms with Gasteiger partial charge in [-0.3, -0.25) is 10.0 Å². The Labute approximate surface area is 179 Å². The molecule has 0 radical (unpaired) electrons. The smallest absolute Gasteiger partial charge is 0.275 e. The molecule has 0 bridgehead atoms. The van der Waals surface area contributed by atoms with E-state index in [1.165, 1.54) is 0 Å². The molecule has 2 atom stereocenters. The van der Waals surface area contributed by atoms with Gasteiger partial charge in [-0.25, -0.2) is 18.7 Å². The molecule has 1 aromatic carbocycles. The van der Waals surface area contributed by atoms with Crippen molar-refractivity contribution in [2.75, 3.05) is 5.32 Å². The normalized spacial score (nSPS) is 21.3. The largest absolute Gasteiger partial charge is 0.324 e. The molecule has 11 heteroatoms. The van der Waals surface area contributed by atoms with Crippen LogP contribution in [-0.4, -0.2) is 34.9 Å². The molecule has 1 amide bonds. The van der Waals surface area contributed by atoms with Gasteiger partial charge in [-0.1, -0.05) is 19.3 Å². The molecule has 4 N–H and O–H groups in total. The first-order chi connectivity index (χ1) is 14.9. The lowest BCUT2D eigenvalue weighted by Gasteiger charge is -2.44. The van der Waals surface area contributed by atoms with Crippen molar-refractivity contribution >= 4 is 39.6 Å². The number of benzene rings is 1. The van der Waals surface area contributed by atoms with E-state index in [9.17, 15) is 18.6 Å². The van der Waals surface area contributed by atoms with E-state index < -0.39 is 28.7 Å². The summed E-state index contributed by atoms with van der Waals surface area (Å²) in [4.78, 5) is 22.4. The minimum absolute atomic E-state index is 0.195. The number of anilines is 2. The molecule has 1 aliphatic carbocycles. The first-order valence-corrected chi connectivity index (χ1v) is 11.2. The van der Waals surface area contributed by atoms with Gasteiger partial charge >= 0.3 is 0 Å². The van der Waals surface area contributed by atoms with Crippen LogP contribution in [0, 0.1) is 0 Å². The molecule has 162 valence electrons. The quantitative estimate of drug-likeness (QED) is 0.421. The second-order valence-corrected chi connectivity index (χ2v) is 8.97. The summed E-state index contributed by atoms with van der Waals surface area (Å²) in [6, 6.07) is 8.26. The van der Waals surface area contributed by atoms with E-state index in [0.29, 0.717) is 34.5 Å². The lowest BCUT2D eigenvalue weighted by atomic mass is 9.79. The first kappa shape index (κ1) is 20.0. The van der Waals surface area contributed by atoms with Crippen molar-refractivity contribution in [2.45, 2.75) is 48.8 Å². The number of nitrogens with zero attached hydrogens (tertiary/aromatic N) is 4. The van der Waals surface area contributed by atoms with Crippen molar-refractivity contribution in [1.29, 1.82) is 0 Å². The van der Waals surface area contributed by atoms with Crippen LogP contribution in [0.15, 0.2) is 41.4 Å². The maximum Gasteiger partial charge on any atom is 0.275 e. The average Bonchev–Trinajstić information content (AvgIpc) is 3.17. The second kappa shape index (κ2) is 7.36. The van der Waals surface area contributed by atoms with Crippen molar-refractivity contribution in [3.63, 3.8) is 0 Å². The van der Waals surface area contributed by atoms with Crippen molar-refractivity contribution in [2.24, 2.45) is 5.14 Å². The molecule has 9 nitrogen and oxygen atoms in total. The SMILES string of the molecule is NS(=O)c1ccc(Nc2ncc3cc4n(c3n2)C2(CCCCC2)C(=O)N(O)C4F)cc1. The topological polar surface area (TPSA) is 126 Å². The summed E-state index contributed by atoms with van der Waals surface area (Å²) in [7, 11) is -1.57. The number of fused-ring (bicyclic) bond motifs is 4. The van der Waals surface area contributed by atoms with Crippen LogP contribution < -0.4 is 10.5 Å². The fraction of sp³-hybridized carbons (Fsp3) is 0.350. The van der Waals surface area contributed by atoms with Crippen LogP contribution in [0.5, 0.6) is 0 Å². The van der Waals surface area contributed by atoms with Crippen molar-refractivity contribution in [3.8, 4) is 0 Å². The van der Waals surface area contributed by atoms with Crippen LogP contribution in [0.1, 0.15) is 44.1 Å². The zero-order valence-corrected chi connectivity index (χ0v) is 17.3. The Bertz CT molecular complexity index is 1190. The molecule has 1 saturated carbocycles. The van der Waals surface area contributed by atoms with Crippen LogP contribution in [-0.2, 0) is 21.3 Å². The fourth-order valence-electron chi connectivity index (χ4n) is 4.61. The minimum Gasteiger partial charge on any atom is -0.324 e. The zero-order valence-electron chi connectivity index (χ0n) is 16.5. The van der Waals surface area contributed by atoms with Gasteiger partial charge in [-0.2, -0.15) is 10.0 Å². The van der Waals surface area contributed by atoms with Gasteiger partial charge in [0.05, 0.1) is 10.6 Å². The van der Waals surface area contributed by atoms with Gasteiger partial charge in [0.25, 0.3) is 5.91 Å². The highest BCUT2D eigenvalue weighted by Gasteiger charge is 2.52. The molecule has 3 heterocycles. The molecular formula is C20H21FN6O3S. The van der Waals surface area contributed by atoms with Crippen LogP contribution in [0.2, 0.25) is 0 Å². The number of hydrogen-bond acceptors (Lipinski definition) is 6. The minimum atomic E-state index is -1.96. The third-order valence-corrected chi connectivity index (χ3v) is 6.82. The molecule has 1 spiro atoms. The number of carbonyl (C=O) groups excluding carboxylic acids is 1. The monoisotopic (exact) mass is 444 g/mol. The van der Waals surface area contributed by atoms with Gasteiger partial charge in [0, 0.05) is 17.3 Å². The number of carbonyl (C=O) groups is 1. The van der Waals surface area contributed by atoms with Crippen molar-refractivity contribution in [3.05, 3.63) is 42.2 Å². The molecule has 1 fully saturated rings. The van der Waals surface area contributed by atoms with E-state index in [1.54, 1.807) is 41.1 Å². The summed E-state index contributed by atoms with van der Waals surface area (Å²) >= 11 is 0. The molecule has 2 unspecified atom stereocenters. The van der Waals surface area contributed by atoms with E-state index in [0.717, 1.165) is 19.3 Å². The lowest BCUT2D eigenvalue weighted by Crippen LogP contribution is -2.55. The van der Waals surface area contributed by atoms with E-state index in [1.807, 2.05) is 0 Å². The summed E-state index contributed by atoms with van der Waals surface area (Å²) in [5.41, 5.74) is 0.247. The first-order valence-electron chi connectivity index (χ1n) is 9.99. The van der Waals surface area contributed by atoms with Gasteiger partial charge < -0.3 is 9.88 Å². The average molecular weight is 444 g/mol. The zero-order chi connectivity index (χ0) is 21.8. The Morgan fingerprint density at radius 3 is 2.61 bits per heavy atom. The van der Waals surface area contributed by atoms with Crippen molar-refractivity contribution < 1.29 is 18.6 Å². The number of aromatic nitrogens is 3. The molecule has 1 aliphatic heterocycles. The van der Waals surface area contributed by atoms with E-state index in [4.69, 9.17) is 5.14 Å². The van der Waals surface area contributed by atoms with Crippen molar-refractivity contribution in [1.82, 2.24) is 19.6 Å². The van der Waals surface area contributed by atoms with Gasteiger partial charge in [0.15, 0.2) is 0 Å². The maximum absolute atomic E-state index is 14.9. The summed E-state index contributed by atoms with van der Waals surface area (Å²) in [5, 5.41) is 19.4. The summed E-state index contributed by atoms with van der Waals surface area (Å²) in [5.74, 6) is -0.363. The summed E-state index contributed by atoms with van der Waals surface area (Å²) in [6.45, 7) is 0. The number of rotatable bonds is 3. The fourth-order valence-corrected chi connectivity index (χ4v) is 5.01. The number of halogens is 1. The lowest BCUT2D eigenvalue weighted by molar-refractivity contribution is -0.213. The predicted molar refractivity (Wildman–Crippen MR) is 111 cm³/mol. The maximum atomic E-state index is 14.9. The van der Waals surface area contributed by atoms with E-state index >= 15 is 0 Å². The second-order valence-electron chi connectivity index (χ2n) is 7.90. The number of amides is 1. The van der Waals surface area contributed by atoms with Gasteiger partial charge in [-0.05, 0) is 43.2 Å². The molecule has 31 heavy (non-hydrogen) atoms. The van der Waals surface area contributed by atoms with Crippen LogP contribution >= 0.6 is 0 Å². The molecule has 3 aromatic rings. The highest BCUT2D eigenvalue weighted by atomic mass is 32.2. The van der Waals surface area contributed by atoms with Gasteiger partial charge in [-0.15, -0.1) is 0 Å². The number of hydroxylamine groups is 2.